The summed E-state index contributed by atoms with van der Waals surface area (Å²) in [5.41, 5.74) is 0.667. The minimum Gasteiger partial charge on any atom is -0.343 e. The van der Waals surface area contributed by atoms with Gasteiger partial charge in [0.2, 0.25) is 5.91 Å². The van der Waals surface area contributed by atoms with Gasteiger partial charge < -0.3 is 10.7 Å². The van der Waals surface area contributed by atoms with Gasteiger partial charge in [0.15, 0.2) is 0 Å². The third-order valence-electron chi connectivity index (χ3n) is 3.67. The first kappa shape index (κ1) is 14.4. The molecule has 0 aromatic heterocycles. The molecule has 4 nitrogen and oxygen atoms in total. The van der Waals surface area contributed by atoms with E-state index < -0.39 is 11.6 Å². The van der Waals surface area contributed by atoms with Crippen LogP contribution in [0.3, 0.4) is 0 Å². The molecule has 1 aliphatic rings. The number of hydrogen-bond donors (Lipinski definition) is 1. The predicted molar refractivity (Wildman–Crippen MR) is 72.1 cm³/mol. The second-order valence-corrected chi connectivity index (χ2v) is 4.92. The average molecular weight is 281 g/mol. The lowest BCUT2D eigenvalue weighted by Gasteiger charge is -2.31. The monoisotopic (exact) mass is 281 g/mol. The molecule has 0 atom stereocenters. The van der Waals surface area contributed by atoms with E-state index in [2.05, 4.69) is 5.10 Å². The number of piperidine rings is 1. The van der Waals surface area contributed by atoms with E-state index in [1.165, 1.54) is 19.1 Å². The van der Waals surface area contributed by atoms with Gasteiger partial charge in [0.25, 0.3) is 0 Å². The summed E-state index contributed by atoms with van der Waals surface area (Å²) in [6.07, 6.45) is 1.35. The lowest BCUT2D eigenvalue weighted by atomic mass is 9.88. The van der Waals surface area contributed by atoms with E-state index in [1.807, 2.05) is 0 Å². The van der Waals surface area contributed by atoms with Crippen molar-refractivity contribution in [2.24, 2.45) is 16.9 Å². The van der Waals surface area contributed by atoms with Gasteiger partial charge in [-0.1, -0.05) is 0 Å². The fourth-order valence-corrected chi connectivity index (χ4v) is 2.56. The largest absolute Gasteiger partial charge is 0.343 e. The topological polar surface area (TPSA) is 58.7 Å². The molecule has 0 saturated carbocycles. The molecule has 2 N–H and O–H groups in total. The molecule has 6 heteroatoms. The van der Waals surface area contributed by atoms with Crippen LogP contribution in [0.15, 0.2) is 23.3 Å². The summed E-state index contributed by atoms with van der Waals surface area (Å²) in [4.78, 5) is 13.0. The van der Waals surface area contributed by atoms with Gasteiger partial charge in [-0.05, 0) is 25.0 Å². The van der Waals surface area contributed by atoms with Crippen molar-refractivity contribution in [3.63, 3.8) is 0 Å². The van der Waals surface area contributed by atoms with Gasteiger partial charge in [-0.25, -0.2) is 8.78 Å². The van der Waals surface area contributed by atoms with Gasteiger partial charge in [0.1, 0.15) is 11.6 Å². The molecular formula is C14H17F2N3O. The molecule has 1 amide bonds. The van der Waals surface area contributed by atoms with Crippen molar-refractivity contribution in [1.29, 1.82) is 0 Å². The van der Waals surface area contributed by atoms with Crippen LogP contribution in [-0.2, 0) is 4.79 Å². The standard InChI is InChI=1S/C14H17F2N3O/c1-9(20)19-6-4-10(5-7-19)14(18-17)12-3-2-11(15)8-13(12)16/h2-3,8,10H,4-7,17H2,1H3. The second-order valence-electron chi connectivity index (χ2n) is 4.92. The van der Waals surface area contributed by atoms with Crippen molar-refractivity contribution in [3.8, 4) is 0 Å². The molecule has 1 heterocycles. The SMILES string of the molecule is CC(=O)N1CCC(C(=NN)c2ccc(F)cc2F)CC1. The Morgan fingerprint density at radius 1 is 1.35 bits per heavy atom. The first-order chi connectivity index (χ1) is 9.52. The van der Waals surface area contributed by atoms with Crippen molar-refractivity contribution < 1.29 is 13.6 Å². The molecule has 0 radical (unpaired) electrons. The molecule has 1 aliphatic heterocycles. The van der Waals surface area contributed by atoms with Crippen LogP contribution in [0.5, 0.6) is 0 Å². The zero-order valence-corrected chi connectivity index (χ0v) is 11.3. The quantitative estimate of drug-likeness (QED) is 0.511. The Bertz CT molecular complexity index is 537. The van der Waals surface area contributed by atoms with Crippen LogP contribution in [0.4, 0.5) is 8.78 Å². The Labute approximate surface area is 116 Å². The van der Waals surface area contributed by atoms with Gasteiger partial charge in [0, 0.05) is 37.6 Å². The highest BCUT2D eigenvalue weighted by Gasteiger charge is 2.26. The van der Waals surface area contributed by atoms with Crippen LogP contribution in [0.25, 0.3) is 0 Å². The van der Waals surface area contributed by atoms with Crippen LogP contribution in [0.2, 0.25) is 0 Å². The molecule has 2 rings (SSSR count). The summed E-state index contributed by atoms with van der Waals surface area (Å²) >= 11 is 0. The zero-order valence-electron chi connectivity index (χ0n) is 11.3. The maximum Gasteiger partial charge on any atom is 0.219 e. The molecule has 1 saturated heterocycles. The van der Waals surface area contributed by atoms with E-state index in [-0.39, 0.29) is 17.4 Å². The predicted octanol–water partition coefficient (Wildman–Crippen LogP) is 1.89. The normalized spacial score (nSPS) is 17.4. The summed E-state index contributed by atoms with van der Waals surface area (Å²) in [5, 5.41) is 3.69. The number of rotatable bonds is 2. The van der Waals surface area contributed by atoms with E-state index in [0.29, 0.717) is 31.6 Å². The smallest absolute Gasteiger partial charge is 0.219 e. The van der Waals surface area contributed by atoms with E-state index >= 15 is 0 Å². The van der Waals surface area contributed by atoms with Gasteiger partial charge in [-0.2, -0.15) is 5.10 Å². The minimum atomic E-state index is -0.664. The van der Waals surface area contributed by atoms with Crippen LogP contribution < -0.4 is 5.84 Å². The first-order valence-corrected chi connectivity index (χ1v) is 6.51. The Morgan fingerprint density at radius 3 is 2.50 bits per heavy atom. The zero-order chi connectivity index (χ0) is 14.7. The van der Waals surface area contributed by atoms with E-state index in [1.54, 1.807) is 4.90 Å². The van der Waals surface area contributed by atoms with E-state index in [4.69, 9.17) is 5.84 Å². The highest BCUT2D eigenvalue weighted by molar-refractivity contribution is 6.02. The molecule has 108 valence electrons. The summed E-state index contributed by atoms with van der Waals surface area (Å²) in [7, 11) is 0. The molecular weight excluding hydrogens is 264 g/mol. The summed E-state index contributed by atoms with van der Waals surface area (Å²) in [5.74, 6) is 4.10. The molecule has 0 spiro atoms. The number of carbonyl (C=O) groups is 1. The van der Waals surface area contributed by atoms with Gasteiger partial charge in [-0.15, -0.1) is 0 Å². The fourth-order valence-electron chi connectivity index (χ4n) is 2.56. The molecule has 1 aromatic rings. The molecule has 0 unspecified atom stereocenters. The third-order valence-corrected chi connectivity index (χ3v) is 3.67. The maximum atomic E-state index is 13.8. The summed E-state index contributed by atoms with van der Waals surface area (Å²) in [6, 6.07) is 3.37. The number of benzene rings is 1. The van der Waals surface area contributed by atoms with E-state index in [9.17, 15) is 13.6 Å². The Kier molecular flexibility index (Phi) is 4.32. The number of amides is 1. The van der Waals surface area contributed by atoms with Crippen LogP contribution in [0, 0.1) is 17.6 Å². The first-order valence-electron chi connectivity index (χ1n) is 6.51. The number of hydrazone groups is 1. The van der Waals surface area contributed by atoms with Crippen molar-refractivity contribution in [3.05, 3.63) is 35.4 Å². The fraction of sp³-hybridized carbons (Fsp3) is 0.429. The van der Waals surface area contributed by atoms with Gasteiger partial charge in [-0.3, -0.25) is 4.79 Å². The average Bonchev–Trinajstić information content (AvgIpc) is 2.42. The number of carbonyl (C=O) groups excluding carboxylic acids is 1. The Balaban J connectivity index is 2.16. The number of nitrogens with two attached hydrogens (primary N) is 1. The molecule has 0 bridgehead atoms. The molecule has 1 fully saturated rings. The number of likely N-dealkylation sites (tertiary alicyclic amines) is 1. The van der Waals surface area contributed by atoms with E-state index in [0.717, 1.165) is 6.07 Å². The molecule has 0 aliphatic carbocycles. The lowest BCUT2D eigenvalue weighted by molar-refractivity contribution is -0.129. The summed E-state index contributed by atoms with van der Waals surface area (Å²) < 4.78 is 26.7. The highest BCUT2D eigenvalue weighted by Crippen LogP contribution is 2.24. The lowest BCUT2D eigenvalue weighted by Crippen LogP contribution is -2.39. The second kappa shape index (κ2) is 5.98. The molecule has 1 aromatic carbocycles. The Hall–Kier alpha value is -1.98. The third kappa shape index (κ3) is 2.95. The van der Waals surface area contributed by atoms with Gasteiger partial charge in [0.05, 0.1) is 5.71 Å². The van der Waals surface area contributed by atoms with Crippen LogP contribution >= 0.6 is 0 Å². The van der Waals surface area contributed by atoms with Crippen LogP contribution in [0.1, 0.15) is 25.3 Å². The highest BCUT2D eigenvalue weighted by atomic mass is 19.1. The van der Waals surface area contributed by atoms with Crippen molar-refractivity contribution in [1.82, 2.24) is 4.90 Å². The Morgan fingerprint density at radius 2 is 2.00 bits per heavy atom. The number of halogens is 2. The molecule has 20 heavy (non-hydrogen) atoms. The van der Waals surface area contributed by atoms with Gasteiger partial charge >= 0.3 is 0 Å². The summed E-state index contributed by atoms with van der Waals surface area (Å²) in [6.45, 7) is 2.72. The van der Waals surface area contributed by atoms with Crippen LogP contribution in [-0.4, -0.2) is 29.6 Å². The van der Waals surface area contributed by atoms with Crippen molar-refractivity contribution in [2.75, 3.05) is 13.1 Å². The van der Waals surface area contributed by atoms with Crippen molar-refractivity contribution in [2.45, 2.75) is 19.8 Å². The minimum absolute atomic E-state index is 0.0180. The maximum absolute atomic E-state index is 13.8. The number of hydrogen-bond acceptors (Lipinski definition) is 3. The number of nitrogens with zero attached hydrogens (tertiary/aromatic N) is 2. The van der Waals surface area contributed by atoms with Crippen molar-refractivity contribution >= 4 is 11.6 Å².